The first-order valence-corrected chi connectivity index (χ1v) is 14.0. The van der Waals surface area contributed by atoms with Crippen LogP contribution in [0, 0.1) is 5.92 Å². The number of fused-ring (bicyclic) bond motifs is 3. The topological polar surface area (TPSA) is 71.0 Å². The van der Waals surface area contributed by atoms with E-state index >= 15 is 0 Å². The number of likely N-dealkylation sites (tertiary alicyclic amines) is 1. The molecule has 4 aliphatic heterocycles. The summed E-state index contributed by atoms with van der Waals surface area (Å²) in [5.41, 5.74) is 3.28. The van der Waals surface area contributed by atoms with Gasteiger partial charge in [0, 0.05) is 35.8 Å². The van der Waals surface area contributed by atoms with Gasteiger partial charge < -0.3 is 24.2 Å². The van der Waals surface area contributed by atoms with Gasteiger partial charge in [-0.3, -0.25) is 4.79 Å². The van der Waals surface area contributed by atoms with E-state index in [1.807, 2.05) is 12.1 Å². The van der Waals surface area contributed by atoms with Crippen molar-refractivity contribution in [1.82, 2.24) is 14.9 Å². The third-order valence-electron chi connectivity index (χ3n) is 8.70. The number of likely N-dealkylation sites (N-methyl/N-ethyl adjacent to an activating group) is 1. The minimum Gasteiger partial charge on any atom is -0.462 e. The van der Waals surface area contributed by atoms with Gasteiger partial charge in [-0.1, -0.05) is 35.9 Å². The lowest BCUT2D eigenvalue weighted by molar-refractivity contribution is -0.185. The van der Waals surface area contributed by atoms with Crippen LogP contribution in [0.5, 0.6) is 6.01 Å². The molecule has 0 spiro atoms. The summed E-state index contributed by atoms with van der Waals surface area (Å²) in [5.74, 6) is 0.902. The lowest BCUT2D eigenvalue weighted by Gasteiger charge is -2.44. The van der Waals surface area contributed by atoms with Crippen LogP contribution >= 0.6 is 11.6 Å². The quantitative estimate of drug-likeness (QED) is 0.455. The van der Waals surface area contributed by atoms with Crippen molar-refractivity contribution in [3.05, 3.63) is 52.7 Å². The zero-order valence-corrected chi connectivity index (χ0v) is 22.4. The minimum absolute atomic E-state index is 0.0316. The Morgan fingerprint density at radius 1 is 1.08 bits per heavy atom. The molecule has 38 heavy (non-hydrogen) atoms. The highest BCUT2D eigenvalue weighted by Crippen LogP contribution is 2.39. The van der Waals surface area contributed by atoms with E-state index in [1.165, 1.54) is 12.0 Å². The van der Waals surface area contributed by atoms with Gasteiger partial charge in [0.15, 0.2) is 0 Å². The summed E-state index contributed by atoms with van der Waals surface area (Å²) >= 11 is 6.67. The normalized spacial score (nSPS) is 25.1. The Hall–Kier alpha value is -3.10. The number of benzene rings is 2. The van der Waals surface area contributed by atoms with Gasteiger partial charge >= 0.3 is 12.0 Å². The third kappa shape index (κ3) is 4.14. The third-order valence-corrected chi connectivity index (χ3v) is 9.02. The zero-order valence-electron chi connectivity index (χ0n) is 21.6. The van der Waals surface area contributed by atoms with E-state index in [9.17, 15) is 4.79 Å². The molecule has 9 heteroatoms. The first-order valence-electron chi connectivity index (χ1n) is 13.7. The number of esters is 1. The number of ether oxygens (including phenoxy) is 2. The Balaban J connectivity index is 1.22. The molecular formula is C29H32ClN5O3. The van der Waals surface area contributed by atoms with Gasteiger partial charge in [0.2, 0.25) is 0 Å². The molecule has 4 aliphatic rings. The van der Waals surface area contributed by atoms with E-state index in [0.29, 0.717) is 31.7 Å². The molecule has 7 rings (SSSR count). The molecule has 5 heterocycles. The molecule has 1 aromatic heterocycles. The van der Waals surface area contributed by atoms with Crippen LogP contribution in [0.25, 0.3) is 10.8 Å². The number of halogens is 1. The van der Waals surface area contributed by atoms with Crippen molar-refractivity contribution in [2.24, 2.45) is 5.92 Å². The Labute approximate surface area is 227 Å². The lowest BCUT2D eigenvalue weighted by atomic mass is 9.89. The number of rotatable bonds is 5. The molecule has 8 nitrogen and oxygen atoms in total. The van der Waals surface area contributed by atoms with Crippen molar-refractivity contribution in [2.75, 3.05) is 49.6 Å². The summed E-state index contributed by atoms with van der Waals surface area (Å²) in [7, 11) is 2.15. The van der Waals surface area contributed by atoms with Crippen LogP contribution in [0.4, 0.5) is 11.5 Å². The maximum absolute atomic E-state index is 11.8. The fourth-order valence-electron chi connectivity index (χ4n) is 6.48. The molecule has 0 unspecified atom stereocenters. The number of hydrogen-bond donors (Lipinski definition) is 0. The number of carbonyl (C=O) groups is 1. The predicted molar refractivity (Wildman–Crippen MR) is 147 cm³/mol. The van der Waals surface area contributed by atoms with Gasteiger partial charge in [-0.25, -0.2) is 0 Å². The second kappa shape index (κ2) is 9.58. The average Bonchev–Trinajstić information content (AvgIpc) is 3.34. The van der Waals surface area contributed by atoms with E-state index in [2.05, 4.69) is 46.0 Å². The summed E-state index contributed by atoms with van der Waals surface area (Å²) in [6.07, 6.45) is 3.90. The Morgan fingerprint density at radius 2 is 1.95 bits per heavy atom. The molecule has 0 radical (unpaired) electrons. The lowest BCUT2D eigenvalue weighted by Crippen LogP contribution is -2.57. The van der Waals surface area contributed by atoms with E-state index in [-0.39, 0.29) is 18.0 Å². The van der Waals surface area contributed by atoms with Crippen LogP contribution in [-0.2, 0) is 22.5 Å². The van der Waals surface area contributed by atoms with Crippen LogP contribution < -0.4 is 14.5 Å². The van der Waals surface area contributed by atoms with E-state index < -0.39 is 0 Å². The Morgan fingerprint density at radius 3 is 2.74 bits per heavy atom. The van der Waals surface area contributed by atoms with Crippen molar-refractivity contribution in [3.8, 4) is 6.01 Å². The van der Waals surface area contributed by atoms with Gasteiger partial charge in [-0.05, 0) is 56.8 Å². The summed E-state index contributed by atoms with van der Waals surface area (Å²) in [4.78, 5) is 28.7. The largest absolute Gasteiger partial charge is 0.462 e. The molecule has 0 saturated carbocycles. The second-order valence-corrected chi connectivity index (χ2v) is 11.4. The summed E-state index contributed by atoms with van der Waals surface area (Å²) in [6.45, 7) is 4.64. The van der Waals surface area contributed by atoms with Crippen LogP contribution in [0.2, 0.25) is 5.02 Å². The maximum Gasteiger partial charge on any atom is 0.318 e. The number of carbonyl (C=O) groups excluding carboxylic acids is 1. The van der Waals surface area contributed by atoms with Gasteiger partial charge in [0.25, 0.3) is 0 Å². The molecule has 2 aromatic carbocycles. The first-order chi connectivity index (χ1) is 18.5. The van der Waals surface area contributed by atoms with E-state index in [0.717, 1.165) is 71.9 Å². The van der Waals surface area contributed by atoms with Crippen molar-refractivity contribution in [2.45, 2.75) is 44.4 Å². The van der Waals surface area contributed by atoms with Crippen molar-refractivity contribution in [3.63, 3.8) is 0 Å². The number of piperidine rings is 1. The summed E-state index contributed by atoms with van der Waals surface area (Å²) in [6, 6.07) is 13.2. The predicted octanol–water partition coefficient (Wildman–Crippen LogP) is 4.07. The van der Waals surface area contributed by atoms with Gasteiger partial charge in [-0.15, -0.1) is 0 Å². The van der Waals surface area contributed by atoms with Crippen LogP contribution in [-0.4, -0.2) is 72.8 Å². The van der Waals surface area contributed by atoms with E-state index in [1.54, 1.807) is 0 Å². The average molecular weight is 534 g/mol. The number of hydrogen-bond acceptors (Lipinski definition) is 8. The van der Waals surface area contributed by atoms with Gasteiger partial charge in [0.1, 0.15) is 18.5 Å². The van der Waals surface area contributed by atoms with E-state index in [4.69, 9.17) is 31.0 Å². The fraction of sp³-hybridized carbons (Fsp3) is 0.483. The molecule has 3 saturated heterocycles. The van der Waals surface area contributed by atoms with Crippen molar-refractivity contribution >= 4 is 39.8 Å². The summed E-state index contributed by atoms with van der Waals surface area (Å²) in [5, 5.41) is 2.96. The van der Waals surface area contributed by atoms with Crippen LogP contribution in [0.1, 0.15) is 30.5 Å². The molecular weight excluding hydrogens is 502 g/mol. The molecule has 3 fully saturated rings. The molecule has 0 aliphatic carbocycles. The van der Waals surface area contributed by atoms with Crippen LogP contribution in [0.15, 0.2) is 36.4 Å². The highest BCUT2D eigenvalue weighted by Gasteiger charge is 2.46. The molecule has 0 amide bonds. The Kier molecular flexibility index (Phi) is 6.04. The maximum atomic E-state index is 11.8. The van der Waals surface area contributed by atoms with Crippen LogP contribution in [0.3, 0.4) is 0 Å². The number of nitrogens with zero attached hydrogens (tertiary/aromatic N) is 5. The zero-order chi connectivity index (χ0) is 25.8. The highest BCUT2D eigenvalue weighted by atomic mass is 35.5. The van der Waals surface area contributed by atoms with Gasteiger partial charge in [0.05, 0.1) is 29.7 Å². The Bertz CT molecular complexity index is 1390. The fourth-order valence-corrected chi connectivity index (χ4v) is 6.76. The number of anilines is 2. The smallest absolute Gasteiger partial charge is 0.318 e. The molecule has 3 atom stereocenters. The molecule has 198 valence electrons. The standard InChI is InChI=1S/C29H32ClN5O3/c1-33-12-4-7-19(33)17-37-29-31-23-15-34(24-9-3-6-18-5-2-8-22(30)26(18)24)13-10-20(23)27(32-29)35-14-11-21-25(16-35)38-28(21)36/h2-3,5-6,8-9,19,21,25H,4,7,10-17H2,1H3/t19-,21+,25-/m1/s1. The number of aromatic nitrogens is 2. The second-order valence-electron chi connectivity index (χ2n) is 10.9. The monoisotopic (exact) mass is 533 g/mol. The highest BCUT2D eigenvalue weighted by molar-refractivity contribution is 6.36. The first kappa shape index (κ1) is 24.0. The minimum atomic E-state index is -0.0616. The van der Waals surface area contributed by atoms with Crippen molar-refractivity contribution < 1.29 is 14.3 Å². The SMILES string of the molecule is CN1CCC[C@@H]1COc1nc2c(c(N3CC[C@@H]4C(=O)O[C@@H]4C3)n1)CCN(c1cccc3cccc(Cl)c13)C2. The van der Waals surface area contributed by atoms with Crippen molar-refractivity contribution in [1.29, 1.82) is 0 Å². The molecule has 3 aromatic rings. The van der Waals surface area contributed by atoms with Gasteiger partial charge in [-0.2, -0.15) is 9.97 Å². The molecule has 0 bridgehead atoms. The molecule has 0 N–H and O–H groups in total. The summed E-state index contributed by atoms with van der Waals surface area (Å²) < 4.78 is 11.7.